The number of halogens is 1. The number of likely N-dealkylation sites (tertiary alicyclic amines) is 1. The van der Waals surface area contributed by atoms with Crippen LogP contribution in [0.5, 0.6) is 0 Å². The van der Waals surface area contributed by atoms with Gasteiger partial charge in [0.05, 0.1) is 11.1 Å². The minimum Gasteiger partial charge on any atom is -0.378 e. The van der Waals surface area contributed by atoms with Crippen LogP contribution in [0.15, 0.2) is 41.5 Å². The van der Waals surface area contributed by atoms with Crippen molar-refractivity contribution in [3.63, 3.8) is 0 Å². The van der Waals surface area contributed by atoms with Crippen LogP contribution < -0.4 is 10.6 Å². The largest absolute Gasteiger partial charge is 0.378 e. The van der Waals surface area contributed by atoms with Gasteiger partial charge in [-0.3, -0.25) is 9.89 Å². The van der Waals surface area contributed by atoms with Gasteiger partial charge < -0.3 is 15.4 Å². The number of nitrogens with one attached hydrogen (secondary N) is 2. The number of benzene rings is 1. The summed E-state index contributed by atoms with van der Waals surface area (Å²) in [6.07, 6.45) is 6.45. The van der Waals surface area contributed by atoms with Crippen molar-refractivity contribution in [2.75, 3.05) is 39.3 Å². The van der Waals surface area contributed by atoms with Crippen molar-refractivity contribution in [2.24, 2.45) is 4.99 Å². The van der Waals surface area contributed by atoms with E-state index >= 15 is 0 Å². The number of ether oxygens (including phenoxy) is 1. The molecule has 1 aliphatic heterocycles. The van der Waals surface area contributed by atoms with E-state index in [0.29, 0.717) is 6.10 Å². The standard InChI is InChI=1S/C24H37N5OS.HI/c1-3-25-24(27-14-10-23-28-18-20(2)31-23)26-13-7-17-30-22-11-15-29(16-12-22)19-21-8-5-4-6-9-21;/h4-6,8-9,18,22H,3,7,10-17,19H2,1-2H3,(H2,25,26,27);1H. The predicted molar refractivity (Wildman–Crippen MR) is 145 cm³/mol. The highest BCUT2D eigenvalue weighted by Crippen LogP contribution is 2.16. The Kier molecular flexibility index (Phi) is 13.2. The van der Waals surface area contributed by atoms with Crippen LogP contribution in [0.1, 0.15) is 41.6 Å². The van der Waals surface area contributed by atoms with Gasteiger partial charge in [0.15, 0.2) is 5.96 Å². The van der Waals surface area contributed by atoms with Crippen LogP contribution in [0.4, 0.5) is 0 Å². The molecule has 0 radical (unpaired) electrons. The van der Waals surface area contributed by atoms with Crippen molar-refractivity contribution in [1.29, 1.82) is 0 Å². The third-order valence-corrected chi connectivity index (χ3v) is 6.33. The lowest BCUT2D eigenvalue weighted by molar-refractivity contribution is 0.00566. The van der Waals surface area contributed by atoms with E-state index in [0.717, 1.165) is 77.5 Å². The van der Waals surface area contributed by atoms with Crippen LogP contribution in [0.25, 0.3) is 0 Å². The van der Waals surface area contributed by atoms with Crippen LogP contribution in [-0.4, -0.2) is 61.3 Å². The van der Waals surface area contributed by atoms with Gasteiger partial charge in [0.25, 0.3) is 0 Å². The molecule has 0 saturated carbocycles. The van der Waals surface area contributed by atoms with Crippen molar-refractivity contribution in [1.82, 2.24) is 20.5 Å². The first-order valence-corrected chi connectivity index (χ1v) is 12.4. The Morgan fingerprint density at radius 2 is 2.00 bits per heavy atom. The van der Waals surface area contributed by atoms with E-state index in [1.54, 1.807) is 11.3 Å². The Hall–Kier alpha value is -1.23. The predicted octanol–water partition coefficient (Wildman–Crippen LogP) is 4.24. The lowest BCUT2D eigenvalue weighted by atomic mass is 10.1. The average Bonchev–Trinajstić information content (AvgIpc) is 3.20. The van der Waals surface area contributed by atoms with E-state index in [9.17, 15) is 0 Å². The number of aryl methyl sites for hydroxylation is 1. The summed E-state index contributed by atoms with van der Waals surface area (Å²) in [6, 6.07) is 10.7. The van der Waals surface area contributed by atoms with Gasteiger partial charge in [0, 0.05) is 63.4 Å². The highest BCUT2D eigenvalue weighted by Gasteiger charge is 2.19. The molecule has 32 heavy (non-hydrogen) atoms. The molecule has 1 aromatic carbocycles. The average molecular weight is 572 g/mol. The van der Waals surface area contributed by atoms with Crippen molar-refractivity contribution in [3.05, 3.63) is 52.0 Å². The molecule has 1 aromatic heterocycles. The molecule has 2 heterocycles. The van der Waals surface area contributed by atoms with Gasteiger partial charge in [0.1, 0.15) is 0 Å². The normalized spacial score (nSPS) is 15.4. The van der Waals surface area contributed by atoms with Crippen LogP contribution in [0, 0.1) is 6.92 Å². The van der Waals surface area contributed by atoms with Gasteiger partial charge >= 0.3 is 0 Å². The zero-order valence-corrected chi connectivity index (χ0v) is 22.5. The van der Waals surface area contributed by atoms with Crippen LogP contribution in [0.3, 0.4) is 0 Å². The van der Waals surface area contributed by atoms with E-state index in [2.05, 4.69) is 69.7 Å². The van der Waals surface area contributed by atoms with Gasteiger partial charge in [-0.25, -0.2) is 4.98 Å². The second-order valence-corrected chi connectivity index (χ2v) is 9.31. The summed E-state index contributed by atoms with van der Waals surface area (Å²) < 4.78 is 6.12. The fraction of sp³-hybridized carbons (Fsp3) is 0.583. The molecule has 1 fully saturated rings. The highest BCUT2D eigenvalue weighted by molar-refractivity contribution is 14.0. The molecule has 0 bridgehead atoms. The van der Waals surface area contributed by atoms with E-state index in [4.69, 9.17) is 4.74 Å². The van der Waals surface area contributed by atoms with Crippen molar-refractivity contribution >= 4 is 41.3 Å². The Morgan fingerprint density at radius 1 is 1.22 bits per heavy atom. The Morgan fingerprint density at radius 3 is 2.69 bits per heavy atom. The minimum atomic E-state index is 0. The second kappa shape index (κ2) is 15.6. The number of nitrogens with zero attached hydrogens (tertiary/aromatic N) is 3. The van der Waals surface area contributed by atoms with Gasteiger partial charge in [-0.2, -0.15) is 0 Å². The maximum Gasteiger partial charge on any atom is 0.191 e. The number of hydrogen-bond acceptors (Lipinski definition) is 5. The molecule has 8 heteroatoms. The fourth-order valence-corrected chi connectivity index (χ4v) is 4.51. The summed E-state index contributed by atoms with van der Waals surface area (Å²) in [7, 11) is 0. The smallest absolute Gasteiger partial charge is 0.191 e. The molecule has 1 saturated heterocycles. The summed E-state index contributed by atoms with van der Waals surface area (Å²) in [5, 5.41) is 7.89. The molecule has 6 nitrogen and oxygen atoms in total. The molecule has 0 unspecified atom stereocenters. The molecule has 2 aromatic rings. The fourth-order valence-electron chi connectivity index (χ4n) is 3.73. The first kappa shape index (κ1) is 27.0. The summed E-state index contributed by atoms with van der Waals surface area (Å²) in [6.45, 7) is 10.7. The summed E-state index contributed by atoms with van der Waals surface area (Å²) in [4.78, 5) is 12.9. The number of aromatic nitrogens is 1. The van der Waals surface area contributed by atoms with Crippen LogP contribution >= 0.6 is 35.3 Å². The Balaban J connectivity index is 0.00000363. The summed E-state index contributed by atoms with van der Waals surface area (Å²) in [5.74, 6) is 0.880. The summed E-state index contributed by atoms with van der Waals surface area (Å²) in [5.41, 5.74) is 1.39. The van der Waals surface area contributed by atoms with E-state index in [1.165, 1.54) is 15.4 Å². The first-order chi connectivity index (χ1) is 15.2. The number of thiazole rings is 1. The number of rotatable bonds is 11. The van der Waals surface area contributed by atoms with Crippen LogP contribution in [-0.2, 0) is 17.7 Å². The molecule has 0 spiro atoms. The zero-order valence-electron chi connectivity index (χ0n) is 19.4. The van der Waals surface area contributed by atoms with E-state index < -0.39 is 0 Å². The topological polar surface area (TPSA) is 61.8 Å². The molecule has 1 aliphatic rings. The number of guanidine groups is 1. The van der Waals surface area contributed by atoms with E-state index in [-0.39, 0.29) is 24.0 Å². The number of piperidine rings is 1. The lowest BCUT2D eigenvalue weighted by Gasteiger charge is -2.31. The number of aliphatic imine (C=N–C) groups is 1. The molecule has 178 valence electrons. The molecule has 0 aliphatic carbocycles. The maximum absolute atomic E-state index is 6.12. The van der Waals surface area contributed by atoms with Gasteiger partial charge in [0.2, 0.25) is 0 Å². The first-order valence-electron chi connectivity index (χ1n) is 11.5. The quantitative estimate of drug-likeness (QED) is 0.183. The molecule has 2 N–H and O–H groups in total. The molecule has 0 atom stereocenters. The van der Waals surface area contributed by atoms with Gasteiger partial charge in [-0.15, -0.1) is 35.3 Å². The minimum absolute atomic E-state index is 0. The van der Waals surface area contributed by atoms with E-state index in [1.807, 2.05) is 6.20 Å². The van der Waals surface area contributed by atoms with Crippen molar-refractivity contribution in [3.8, 4) is 0 Å². The van der Waals surface area contributed by atoms with Crippen molar-refractivity contribution < 1.29 is 4.74 Å². The Bertz CT molecular complexity index is 778. The monoisotopic (exact) mass is 571 g/mol. The maximum atomic E-state index is 6.12. The third kappa shape index (κ3) is 10.1. The van der Waals surface area contributed by atoms with Crippen LogP contribution in [0.2, 0.25) is 0 Å². The summed E-state index contributed by atoms with van der Waals surface area (Å²) >= 11 is 1.76. The Labute approximate surface area is 214 Å². The molecule has 3 rings (SSSR count). The molecule has 0 amide bonds. The highest BCUT2D eigenvalue weighted by atomic mass is 127. The zero-order chi connectivity index (χ0) is 21.7. The van der Waals surface area contributed by atoms with Gasteiger partial charge in [-0.1, -0.05) is 30.3 Å². The molecular formula is C24H38IN5OS. The SMILES string of the molecule is CCNC(=NCCCOC1CCN(Cc2ccccc2)CC1)NCCc1ncc(C)s1.I. The van der Waals surface area contributed by atoms with Crippen molar-refractivity contribution in [2.45, 2.75) is 52.2 Å². The molecular weight excluding hydrogens is 533 g/mol. The lowest BCUT2D eigenvalue weighted by Crippen LogP contribution is -2.38. The number of hydrogen-bond donors (Lipinski definition) is 2. The second-order valence-electron chi connectivity index (χ2n) is 7.99. The van der Waals surface area contributed by atoms with Gasteiger partial charge in [-0.05, 0) is 38.7 Å². The third-order valence-electron chi connectivity index (χ3n) is 5.35.